The maximum absolute atomic E-state index is 11.4. The Morgan fingerprint density at radius 2 is 2.00 bits per heavy atom. The first-order valence-corrected chi connectivity index (χ1v) is 6.39. The molecule has 0 aliphatic carbocycles. The molecule has 2 rings (SSSR count). The van der Waals surface area contributed by atoms with Crippen LogP contribution in [0.5, 0.6) is 0 Å². The lowest BCUT2D eigenvalue weighted by molar-refractivity contribution is -0.421. The third-order valence-corrected chi connectivity index (χ3v) is 2.81. The van der Waals surface area contributed by atoms with Gasteiger partial charge in [-0.15, -0.1) is 0 Å². The first kappa shape index (κ1) is 14.5. The highest BCUT2D eigenvalue weighted by atomic mass is 16.6. The average Bonchev–Trinajstić information content (AvgIpc) is 2.47. The number of ether oxygens (including phenoxy) is 1. The zero-order chi connectivity index (χ0) is 15.2. The van der Waals surface area contributed by atoms with Gasteiger partial charge in [-0.25, -0.2) is 4.79 Å². The third kappa shape index (κ3) is 3.56. The number of fused-ring (bicyclic) bond motifs is 1. The second kappa shape index (κ2) is 6.51. The number of hydrogen-bond acceptors (Lipinski definition) is 5. The Kier molecular flexibility index (Phi) is 4.50. The summed E-state index contributed by atoms with van der Waals surface area (Å²) in [6, 6.07) is 13.3. The largest absolute Gasteiger partial charge is 0.458 e. The Bertz CT molecular complexity index is 710. The Labute approximate surface area is 121 Å². The molecular formula is C15H14N2O4. The Morgan fingerprint density at radius 3 is 2.67 bits per heavy atom. The van der Waals surface area contributed by atoms with Crippen LogP contribution in [0.3, 0.4) is 0 Å². The van der Waals surface area contributed by atoms with Crippen molar-refractivity contribution >= 4 is 22.4 Å². The number of nitrogens with one attached hydrogen (secondary N) is 1. The second-order valence-corrected chi connectivity index (χ2v) is 4.21. The van der Waals surface area contributed by atoms with E-state index < -0.39 is 16.6 Å². The summed E-state index contributed by atoms with van der Waals surface area (Å²) in [4.78, 5) is 21.5. The highest BCUT2D eigenvalue weighted by Gasteiger charge is 2.23. The van der Waals surface area contributed by atoms with Crippen LogP contribution in [0.25, 0.3) is 10.8 Å². The van der Waals surface area contributed by atoms with Crippen molar-refractivity contribution < 1.29 is 14.5 Å². The molecule has 0 atom stereocenters. The van der Waals surface area contributed by atoms with E-state index >= 15 is 0 Å². The van der Waals surface area contributed by atoms with Gasteiger partial charge in [0.25, 0.3) is 0 Å². The summed E-state index contributed by atoms with van der Waals surface area (Å²) in [6.07, 6.45) is 1.04. The molecule has 108 valence electrons. The zero-order valence-corrected chi connectivity index (χ0v) is 11.4. The van der Waals surface area contributed by atoms with Crippen molar-refractivity contribution in [3.8, 4) is 0 Å². The van der Waals surface area contributed by atoms with Crippen molar-refractivity contribution in [2.45, 2.75) is 6.92 Å². The van der Waals surface area contributed by atoms with Crippen LogP contribution < -0.4 is 5.32 Å². The van der Waals surface area contributed by atoms with E-state index in [1.54, 1.807) is 13.0 Å². The smallest absolute Gasteiger partial charge is 0.411 e. The maximum atomic E-state index is 11.4. The molecule has 2 aromatic carbocycles. The van der Waals surface area contributed by atoms with Crippen LogP contribution in [0.1, 0.15) is 6.92 Å². The molecule has 0 fully saturated rings. The highest BCUT2D eigenvalue weighted by Crippen LogP contribution is 2.19. The molecular weight excluding hydrogens is 272 g/mol. The second-order valence-electron chi connectivity index (χ2n) is 4.21. The first-order valence-electron chi connectivity index (χ1n) is 6.39. The summed E-state index contributed by atoms with van der Waals surface area (Å²) in [6.45, 7) is 1.67. The molecule has 0 bridgehead atoms. The SMILES string of the molecule is CCOC(=O)/C(=C\Nc1ccc2ccccc2c1)[N+](=O)[O-]. The van der Waals surface area contributed by atoms with Gasteiger partial charge >= 0.3 is 11.7 Å². The van der Waals surface area contributed by atoms with Crippen molar-refractivity contribution in [1.82, 2.24) is 0 Å². The number of rotatable bonds is 5. The van der Waals surface area contributed by atoms with Crippen LogP contribution in [-0.2, 0) is 9.53 Å². The fraction of sp³-hybridized carbons (Fsp3) is 0.133. The van der Waals surface area contributed by atoms with E-state index in [-0.39, 0.29) is 6.61 Å². The molecule has 1 N–H and O–H groups in total. The number of benzene rings is 2. The monoisotopic (exact) mass is 286 g/mol. The molecule has 0 unspecified atom stereocenters. The normalized spacial score (nSPS) is 11.2. The summed E-state index contributed by atoms with van der Waals surface area (Å²) < 4.78 is 4.64. The van der Waals surface area contributed by atoms with Crippen molar-refractivity contribution in [3.05, 3.63) is 64.5 Å². The lowest BCUT2D eigenvalue weighted by Gasteiger charge is -2.04. The standard InChI is InChI=1S/C15H14N2O4/c1-2-21-15(18)14(17(19)20)10-16-13-8-7-11-5-3-4-6-12(11)9-13/h3-10,16H,2H2,1H3/b14-10+. The van der Waals surface area contributed by atoms with Crippen LogP contribution in [0.15, 0.2) is 54.4 Å². The number of nitrogens with zero attached hydrogens (tertiary/aromatic N) is 1. The van der Waals surface area contributed by atoms with Crippen molar-refractivity contribution in [2.24, 2.45) is 0 Å². The molecule has 2 aromatic rings. The Hall–Kier alpha value is -2.89. The Balaban J connectivity index is 2.23. The van der Waals surface area contributed by atoms with E-state index in [0.717, 1.165) is 17.0 Å². The topological polar surface area (TPSA) is 81.5 Å². The minimum atomic E-state index is -0.962. The molecule has 0 amide bonds. The molecule has 0 saturated carbocycles. The first-order chi connectivity index (χ1) is 10.1. The molecule has 0 aromatic heterocycles. The van der Waals surface area contributed by atoms with Crippen LogP contribution in [0, 0.1) is 10.1 Å². The maximum Gasteiger partial charge on any atom is 0.411 e. The lowest BCUT2D eigenvalue weighted by atomic mass is 10.1. The van der Waals surface area contributed by atoms with Gasteiger partial charge in [0, 0.05) is 5.69 Å². The van der Waals surface area contributed by atoms with Crippen molar-refractivity contribution in [2.75, 3.05) is 11.9 Å². The van der Waals surface area contributed by atoms with Crippen molar-refractivity contribution in [1.29, 1.82) is 0 Å². The summed E-state index contributed by atoms with van der Waals surface area (Å²) in [5.41, 5.74) is 0.0161. The minimum absolute atomic E-state index is 0.0833. The molecule has 6 nitrogen and oxygen atoms in total. The quantitative estimate of drug-likeness (QED) is 0.395. The van der Waals surface area contributed by atoms with Gasteiger partial charge in [0.05, 0.1) is 17.7 Å². The summed E-state index contributed by atoms with van der Waals surface area (Å²) in [5.74, 6) is -0.962. The van der Waals surface area contributed by atoms with Crippen LogP contribution >= 0.6 is 0 Å². The van der Waals surface area contributed by atoms with Gasteiger partial charge in [0.15, 0.2) is 0 Å². The fourth-order valence-electron chi connectivity index (χ4n) is 1.82. The van der Waals surface area contributed by atoms with E-state index in [2.05, 4.69) is 10.1 Å². The van der Waals surface area contributed by atoms with Gasteiger partial charge < -0.3 is 10.1 Å². The molecule has 0 aliphatic rings. The zero-order valence-electron chi connectivity index (χ0n) is 11.4. The molecule has 0 aliphatic heterocycles. The fourth-order valence-corrected chi connectivity index (χ4v) is 1.82. The average molecular weight is 286 g/mol. The lowest BCUT2D eigenvalue weighted by Crippen LogP contribution is -2.16. The number of carbonyl (C=O) groups is 1. The number of hydrogen-bond donors (Lipinski definition) is 1. The summed E-state index contributed by atoms with van der Waals surface area (Å²) in [5, 5.41) is 15.7. The van der Waals surface area contributed by atoms with E-state index in [1.807, 2.05) is 36.4 Å². The number of carbonyl (C=O) groups excluding carboxylic acids is 1. The molecule has 21 heavy (non-hydrogen) atoms. The third-order valence-electron chi connectivity index (χ3n) is 2.81. The molecule has 0 spiro atoms. The molecule has 6 heteroatoms. The number of anilines is 1. The van der Waals surface area contributed by atoms with Gasteiger partial charge in [-0.1, -0.05) is 30.3 Å². The summed E-state index contributed by atoms with van der Waals surface area (Å²) >= 11 is 0. The van der Waals surface area contributed by atoms with E-state index in [1.165, 1.54) is 0 Å². The predicted molar refractivity (Wildman–Crippen MR) is 79.3 cm³/mol. The molecule has 0 heterocycles. The molecule has 0 saturated heterocycles. The van der Waals surface area contributed by atoms with Crippen molar-refractivity contribution in [3.63, 3.8) is 0 Å². The van der Waals surface area contributed by atoms with Gasteiger partial charge in [-0.3, -0.25) is 10.1 Å². The van der Waals surface area contributed by atoms with Gasteiger partial charge in [-0.05, 0) is 29.8 Å². The summed E-state index contributed by atoms with van der Waals surface area (Å²) in [7, 11) is 0. The Morgan fingerprint density at radius 1 is 1.29 bits per heavy atom. The number of esters is 1. The van der Waals surface area contributed by atoms with Crippen LogP contribution in [0.2, 0.25) is 0 Å². The predicted octanol–water partition coefficient (Wildman–Crippen LogP) is 2.93. The van der Waals surface area contributed by atoms with E-state index in [4.69, 9.17) is 0 Å². The van der Waals surface area contributed by atoms with Crippen LogP contribution in [-0.4, -0.2) is 17.5 Å². The van der Waals surface area contributed by atoms with Gasteiger partial charge in [0.2, 0.25) is 0 Å². The number of nitro groups is 1. The highest BCUT2D eigenvalue weighted by molar-refractivity contribution is 5.87. The molecule has 0 radical (unpaired) electrons. The van der Waals surface area contributed by atoms with Gasteiger partial charge in [-0.2, -0.15) is 0 Å². The van der Waals surface area contributed by atoms with E-state index in [9.17, 15) is 14.9 Å². The van der Waals surface area contributed by atoms with Gasteiger partial charge in [0.1, 0.15) is 0 Å². The minimum Gasteiger partial charge on any atom is -0.458 e. The van der Waals surface area contributed by atoms with E-state index in [0.29, 0.717) is 5.69 Å². The van der Waals surface area contributed by atoms with Crippen LogP contribution in [0.4, 0.5) is 5.69 Å².